The van der Waals surface area contributed by atoms with E-state index in [4.69, 9.17) is 4.74 Å². The SMILES string of the molecule is Cc1cccc(C)c1-c1cc2nc(n1)NS(=O)(=O)c1cccc(c1)C(=O)N(Cc1cccnn1)[C@H](CC(C)(C)C)CO2. The summed E-state index contributed by atoms with van der Waals surface area (Å²) in [6, 6.07) is 16.7. The summed E-state index contributed by atoms with van der Waals surface area (Å²) >= 11 is 0. The molecular weight excluding hydrogens is 552 g/mol. The highest BCUT2D eigenvalue weighted by Gasteiger charge is 2.31. The number of amides is 1. The number of aromatic nitrogens is 4. The van der Waals surface area contributed by atoms with E-state index in [0.717, 1.165) is 16.7 Å². The maximum Gasteiger partial charge on any atom is 0.264 e. The number of nitrogens with zero attached hydrogens (tertiary/aromatic N) is 5. The van der Waals surface area contributed by atoms with E-state index in [1.165, 1.54) is 12.1 Å². The van der Waals surface area contributed by atoms with Crippen molar-refractivity contribution in [1.82, 2.24) is 25.1 Å². The summed E-state index contributed by atoms with van der Waals surface area (Å²) in [5, 5.41) is 8.19. The molecule has 0 spiro atoms. The van der Waals surface area contributed by atoms with Gasteiger partial charge in [0.25, 0.3) is 15.9 Å². The highest BCUT2D eigenvalue weighted by Crippen LogP contribution is 2.31. The molecule has 5 rings (SSSR count). The van der Waals surface area contributed by atoms with E-state index in [9.17, 15) is 13.2 Å². The van der Waals surface area contributed by atoms with Crippen LogP contribution in [-0.2, 0) is 16.6 Å². The van der Waals surface area contributed by atoms with E-state index >= 15 is 0 Å². The molecule has 3 heterocycles. The topological polar surface area (TPSA) is 127 Å². The van der Waals surface area contributed by atoms with E-state index in [1.54, 1.807) is 41.4 Å². The molecule has 0 saturated heterocycles. The second kappa shape index (κ2) is 11.5. The molecule has 42 heavy (non-hydrogen) atoms. The predicted octanol–water partition coefficient (Wildman–Crippen LogP) is 5.19. The summed E-state index contributed by atoms with van der Waals surface area (Å²) in [5.74, 6) is -0.272. The van der Waals surface area contributed by atoms with Crippen LogP contribution in [0.4, 0.5) is 5.95 Å². The minimum absolute atomic E-state index is 0.0806. The van der Waals surface area contributed by atoms with Crippen LogP contribution in [0.2, 0.25) is 0 Å². The molecule has 2 aromatic heterocycles. The van der Waals surface area contributed by atoms with Gasteiger partial charge in [0.15, 0.2) is 0 Å². The molecule has 2 aromatic carbocycles. The van der Waals surface area contributed by atoms with Gasteiger partial charge in [-0.2, -0.15) is 15.2 Å². The number of anilines is 1. The highest BCUT2D eigenvalue weighted by atomic mass is 32.2. The zero-order valence-corrected chi connectivity index (χ0v) is 25.1. The van der Waals surface area contributed by atoms with Gasteiger partial charge in [0.05, 0.1) is 28.9 Å². The Bertz CT molecular complexity index is 1700. The number of hydrogen-bond acceptors (Lipinski definition) is 8. The lowest BCUT2D eigenvalue weighted by molar-refractivity contribution is 0.0508. The van der Waals surface area contributed by atoms with Crippen LogP contribution >= 0.6 is 0 Å². The lowest BCUT2D eigenvalue weighted by Gasteiger charge is -2.35. The molecule has 0 saturated carbocycles. The van der Waals surface area contributed by atoms with E-state index < -0.39 is 16.1 Å². The molecule has 1 aliphatic heterocycles. The lowest BCUT2D eigenvalue weighted by Crippen LogP contribution is -2.45. The third kappa shape index (κ3) is 6.57. The molecule has 1 aliphatic rings. The quantitative estimate of drug-likeness (QED) is 0.346. The monoisotopic (exact) mass is 586 g/mol. The Hall–Kier alpha value is -4.38. The number of nitrogens with one attached hydrogen (secondary N) is 1. The zero-order valence-electron chi connectivity index (χ0n) is 24.3. The number of carbonyl (C=O) groups is 1. The van der Waals surface area contributed by atoms with E-state index in [1.807, 2.05) is 32.0 Å². The molecule has 1 N–H and O–H groups in total. The molecule has 11 heteroatoms. The molecule has 1 atom stereocenters. The van der Waals surface area contributed by atoms with Crippen molar-refractivity contribution in [2.75, 3.05) is 11.3 Å². The van der Waals surface area contributed by atoms with Crippen molar-refractivity contribution >= 4 is 21.9 Å². The van der Waals surface area contributed by atoms with Crippen molar-refractivity contribution in [2.24, 2.45) is 5.41 Å². The van der Waals surface area contributed by atoms with Crippen LogP contribution in [-0.4, -0.2) is 52.0 Å². The Kier molecular flexibility index (Phi) is 7.96. The molecule has 0 aliphatic carbocycles. The van der Waals surface area contributed by atoms with Crippen molar-refractivity contribution in [3.63, 3.8) is 0 Å². The first-order valence-electron chi connectivity index (χ1n) is 13.7. The molecule has 4 aromatic rings. The van der Waals surface area contributed by atoms with Crippen molar-refractivity contribution in [1.29, 1.82) is 0 Å². The van der Waals surface area contributed by atoms with Gasteiger partial charge in [-0.05, 0) is 67.1 Å². The van der Waals surface area contributed by atoms with Crippen LogP contribution < -0.4 is 9.46 Å². The average Bonchev–Trinajstić information content (AvgIpc) is 2.93. The Balaban J connectivity index is 1.68. The summed E-state index contributed by atoms with van der Waals surface area (Å²) < 4.78 is 35.8. The van der Waals surface area contributed by atoms with Crippen molar-refractivity contribution in [3.05, 3.63) is 89.2 Å². The summed E-state index contributed by atoms with van der Waals surface area (Å²) in [5.41, 5.74) is 4.00. The maximum atomic E-state index is 14.1. The lowest BCUT2D eigenvalue weighted by atomic mass is 9.87. The fourth-order valence-corrected chi connectivity index (χ4v) is 6.13. The molecule has 0 radical (unpaired) electrons. The molecule has 0 unspecified atom stereocenters. The van der Waals surface area contributed by atoms with Gasteiger partial charge in [0.2, 0.25) is 11.8 Å². The Morgan fingerprint density at radius 3 is 2.43 bits per heavy atom. The Labute approximate surface area is 246 Å². The zero-order chi connectivity index (χ0) is 30.1. The van der Waals surface area contributed by atoms with Crippen LogP contribution in [0.15, 0.2) is 71.8 Å². The first-order chi connectivity index (χ1) is 19.9. The van der Waals surface area contributed by atoms with E-state index in [-0.39, 0.29) is 46.8 Å². The van der Waals surface area contributed by atoms with Crippen LogP contribution in [0.1, 0.15) is 54.4 Å². The Morgan fingerprint density at radius 1 is 1.00 bits per heavy atom. The predicted molar refractivity (Wildman–Crippen MR) is 159 cm³/mol. The number of sulfonamides is 1. The molecule has 10 nitrogen and oxygen atoms in total. The molecule has 1 amide bonds. The van der Waals surface area contributed by atoms with Crippen molar-refractivity contribution in [2.45, 2.75) is 58.5 Å². The van der Waals surface area contributed by atoms with Gasteiger partial charge in [-0.3, -0.25) is 4.79 Å². The third-order valence-electron chi connectivity index (χ3n) is 6.99. The maximum absolute atomic E-state index is 14.1. The number of fused-ring (bicyclic) bond motifs is 4. The van der Waals surface area contributed by atoms with Gasteiger partial charge in [-0.1, -0.05) is 45.0 Å². The van der Waals surface area contributed by atoms with Gasteiger partial charge in [0.1, 0.15) is 6.61 Å². The number of carbonyl (C=O) groups excluding carboxylic acids is 1. The standard InChI is InChI=1S/C31H34N6O4S/c1-20-9-6-10-21(2)28(20)26-16-27-34-30(33-26)36-42(39,40)25-13-7-11-22(15-25)29(38)37(18-23-12-8-14-32-35-23)24(19-41-27)17-31(3,4)5/h6-16,24H,17-19H2,1-5H3,(H,33,34,36)/t24-/m1/s1. The van der Waals surface area contributed by atoms with Gasteiger partial charge in [0, 0.05) is 23.4 Å². The summed E-state index contributed by atoms with van der Waals surface area (Å²) in [6.45, 7) is 10.5. The molecular formula is C31H34N6O4S. The van der Waals surface area contributed by atoms with Crippen LogP contribution in [0.3, 0.4) is 0 Å². The smallest absolute Gasteiger partial charge is 0.264 e. The largest absolute Gasteiger partial charge is 0.475 e. The number of aryl methyl sites for hydroxylation is 2. The Morgan fingerprint density at radius 2 is 1.74 bits per heavy atom. The van der Waals surface area contributed by atoms with Gasteiger partial charge >= 0.3 is 0 Å². The molecule has 4 bridgehead atoms. The van der Waals surface area contributed by atoms with Crippen LogP contribution in [0.5, 0.6) is 5.88 Å². The van der Waals surface area contributed by atoms with E-state index in [2.05, 4.69) is 45.7 Å². The summed E-state index contributed by atoms with van der Waals surface area (Å²) in [7, 11) is -4.14. The molecule has 218 valence electrons. The first kappa shape index (κ1) is 29.1. The normalized spacial score (nSPS) is 16.8. The second-order valence-corrected chi connectivity index (χ2v) is 13.4. The second-order valence-electron chi connectivity index (χ2n) is 11.7. The number of rotatable bonds is 4. The van der Waals surface area contributed by atoms with Gasteiger partial charge < -0.3 is 9.64 Å². The summed E-state index contributed by atoms with van der Waals surface area (Å²) in [6.07, 6.45) is 2.17. The van der Waals surface area contributed by atoms with Crippen LogP contribution in [0.25, 0.3) is 11.3 Å². The van der Waals surface area contributed by atoms with Crippen LogP contribution in [0, 0.1) is 19.3 Å². The minimum Gasteiger partial charge on any atom is -0.475 e. The molecule has 0 fully saturated rings. The fraction of sp³-hybridized carbons (Fsp3) is 0.323. The van der Waals surface area contributed by atoms with Crippen molar-refractivity contribution < 1.29 is 17.9 Å². The van der Waals surface area contributed by atoms with Gasteiger partial charge in [-0.25, -0.2) is 18.1 Å². The third-order valence-corrected chi connectivity index (χ3v) is 8.32. The number of hydrogen-bond donors (Lipinski definition) is 1. The number of ether oxygens (including phenoxy) is 1. The highest BCUT2D eigenvalue weighted by molar-refractivity contribution is 7.92. The fourth-order valence-electron chi connectivity index (χ4n) is 5.14. The minimum atomic E-state index is -4.14. The number of benzene rings is 2. The summed E-state index contributed by atoms with van der Waals surface area (Å²) in [4.78, 5) is 24.7. The first-order valence-corrected chi connectivity index (χ1v) is 15.2. The van der Waals surface area contributed by atoms with E-state index in [0.29, 0.717) is 17.8 Å². The van der Waals surface area contributed by atoms with Crippen molar-refractivity contribution in [3.8, 4) is 17.1 Å². The average molecular weight is 587 g/mol. The van der Waals surface area contributed by atoms with Gasteiger partial charge in [-0.15, -0.1) is 0 Å².